The molecule has 0 bridgehead atoms. The Morgan fingerprint density at radius 3 is 2.53 bits per heavy atom. The highest BCUT2D eigenvalue weighted by Gasteiger charge is 2.20. The van der Waals surface area contributed by atoms with Crippen molar-refractivity contribution >= 4 is 11.6 Å². The third-order valence-electron chi connectivity index (χ3n) is 6.40. The molecule has 0 amide bonds. The van der Waals surface area contributed by atoms with Crippen LogP contribution in [0.5, 0.6) is 17.2 Å². The molecular formula is C25H33N5O4. The van der Waals surface area contributed by atoms with E-state index in [4.69, 9.17) is 14.5 Å². The van der Waals surface area contributed by atoms with Crippen molar-refractivity contribution < 1.29 is 19.7 Å². The Morgan fingerprint density at radius 2 is 1.85 bits per heavy atom. The molecule has 1 saturated heterocycles. The lowest BCUT2D eigenvalue weighted by Crippen LogP contribution is -2.34. The molecule has 1 fully saturated rings. The van der Waals surface area contributed by atoms with Crippen LogP contribution < -0.4 is 14.8 Å². The number of phenolic OH excluding ortho intramolecular Hbond substituents is 1. The third-order valence-corrected chi connectivity index (χ3v) is 6.40. The number of phenols is 1. The van der Waals surface area contributed by atoms with Crippen LogP contribution in [0.15, 0.2) is 30.7 Å². The number of nitrogens with zero attached hydrogens (tertiary/aromatic N) is 4. The summed E-state index contributed by atoms with van der Waals surface area (Å²) in [6.45, 7) is 7.29. The van der Waals surface area contributed by atoms with Crippen LogP contribution in [0.4, 0.5) is 11.6 Å². The number of aryl methyl sites for hydroxylation is 2. The van der Waals surface area contributed by atoms with E-state index >= 15 is 0 Å². The lowest BCUT2D eigenvalue weighted by atomic mass is 9.97. The smallest absolute Gasteiger partial charge is 0.229 e. The fourth-order valence-corrected chi connectivity index (χ4v) is 4.35. The van der Waals surface area contributed by atoms with Crippen LogP contribution >= 0.6 is 0 Å². The monoisotopic (exact) mass is 467 g/mol. The number of hydrogen-bond donors (Lipinski definition) is 3. The predicted octanol–water partition coefficient (Wildman–Crippen LogP) is 3.55. The highest BCUT2D eigenvalue weighted by Crippen LogP contribution is 2.39. The van der Waals surface area contributed by atoms with Gasteiger partial charge in [-0.25, -0.2) is 4.98 Å². The molecule has 0 saturated carbocycles. The van der Waals surface area contributed by atoms with Gasteiger partial charge in [-0.2, -0.15) is 4.98 Å². The van der Waals surface area contributed by atoms with Crippen LogP contribution in [-0.4, -0.2) is 63.6 Å². The summed E-state index contributed by atoms with van der Waals surface area (Å²) in [5, 5.41) is 22.8. The van der Waals surface area contributed by atoms with E-state index in [0.717, 1.165) is 43.9 Å². The van der Waals surface area contributed by atoms with Crippen molar-refractivity contribution in [1.82, 2.24) is 19.4 Å². The Kier molecular flexibility index (Phi) is 7.23. The second-order valence-electron chi connectivity index (χ2n) is 8.83. The van der Waals surface area contributed by atoms with Crippen molar-refractivity contribution in [3.8, 4) is 23.1 Å². The molecule has 0 atom stereocenters. The molecule has 1 aliphatic heterocycles. The van der Waals surface area contributed by atoms with Gasteiger partial charge < -0.3 is 29.6 Å². The van der Waals surface area contributed by atoms with E-state index in [1.54, 1.807) is 18.3 Å². The van der Waals surface area contributed by atoms with Gasteiger partial charge in [0.15, 0.2) is 11.5 Å². The summed E-state index contributed by atoms with van der Waals surface area (Å²) in [6, 6.07) is 3.27. The summed E-state index contributed by atoms with van der Waals surface area (Å²) in [5.74, 6) is 2.27. The Balaban J connectivity index is 1.54. The van der Waals surface area contributed by atoms with E-state index in [-0.39, 0.29) is 18.1 Å². The van der Waals surface area contributed by atoms with Crippen molar-refractivity contribution in [2.45, 2.75) is 33.2 Å². The first-order valence-corrected chi connectivity index (χ1v) is 11.5. The number of aromatic hydroxyl groups is 1. The largest absolute Gasteiger partial charge is 0.504 e. The van der Waals surface area contributed by atoms with E-state index in [0.29, 0.717) is 23.3 Å². The molecule has 3 aromatic rings. The average Bonchev–Trinajstić information content (AvgIpc) is 3.20. The van der Waals surface area contributed by atoms with Crippen molar-refractivity contribution in [1.29, 1.82) is 0 Å². The van der Waals surface area contributed by atoms with E-state index in [2.05, 4.69) is 34.5 Å². The molecule has 3 N–H and O–H groups in total. The first-order chi connectivity index (χ1) is 16.4. The standard InChI is InChI=1S/C25H33N5O4/c1-16-11-26-25(27-20-9-21(32)23(34-4)22(10-20)33-3)28-24(16)30-12-17(2)19(14-30)13-29-7-5-18(15-31)6-8-29/h9-12,14,18,31-32H,5-8,13,15H2,1-4H3,(H,26,27,28). The van der Waals surface area contributed by atoms with Crippen LogP contribution in [0.3, 0.4) is 0 Å². The number of rotatable bonds is 8. The Morgan fingerprint density at radius 1 is 1.09 bits per heavy atom. The molecule has 3 heterocycles. The van der Waals surface area contributed by atoms with Gasteiger partial charge in [-0.1, -0.05) is 0 Å². The predicted molar refractivity (Wildman–Crippen MR) is 130 cm³/mol. The maximum absolute atomic E-state index is 10.2. The Labute approximate surface area is 200 Å². The van der Waals surface area contributed by atoms with E-state index < -0.39 is 0 Å². The van der Waals surface area contributed by atoms with Gasteiger partial charge in [0.1, 0.15) is 5.82 Å². The normalized spacial score (nSPS) is 14.9. The summed E-state index contributed by atoms with van der Waals surface area (Å²) in [7, 11) is 2.99. The number of aromatic nitrogens is 3. The zero-order chi connectivity index (χ0) is 24.2. The molecule has 0 aliphatic carbocycles. The zero-order valence-electron chi connectivity index (χ0n) is 20.2. The van der Waals surface area contributed by atoms with Crippen LogP contribution in [0.2, 0.25) is 0 Å². The number of methoxy groups -OCH3 is 2. The SMILES string of the molecule is COc1cc(Nc2ncc(C)c(-n3cc(C)c(CN4CCC(CO)CC4)c3)n2)cc(O)c1OC. The topological polar surface area (TPSA) is 105 Å². The molecule has 2 aromatic heterocycles. The first kappa shape index (κ1) is 23.8. The average molecular weight is 468 g/mol. The van der Waals surface area contributed by atoms with E-state index in [1.807, 2.05) is 11.5 Å². The van der Waals surface area contributed by atoms with Gasteiger partial charge in [-0.05, 0) is 56.8 Å². The molecule has 0 spiro atoms. The van der Waals surface area contributed by atoms with Crippen molar-refractivity contribution in [3.63, 3.8) is 0 Å². The summed E-state index contributed by atoms with van der Waals surface area (Å²) in [6.07, 6.45) is 8.09. The molecule has 0 radical (unpaired) electrons. The third kappa shape index (κ3) is 5.10. The number of ether oxygens (including phenoxy) is 2. The summed E-state index contributed by atoms with van der Waals surface area (Å²) in [5.41, 5.74) is 4.01. The summed E-state index contributed by atoms with van der Waals surface area (Å²) >= 11 is 0. The molecule has 9 heteroatoms. The van der Waals surface area contributed by atoms with Gasteiger partial charge in [-0.15, -0.1) is 0 Å². The molecular weight excluding hydrogens is 434 g/mol. The van der Waals surface area contributed by atoms with Crippen LogP contribution in [0, 0.1) is 19.8 Å². The minimum atomic E-state index is -0.0367. The number of piperidine rings is 1. The molecule has 9 nitrogen and oxygen atoms in total. The van der Waals surface area contributed by atoms with Gasteiger partial charge in [-0.3, -0.25) is 4.90 Å². The number of aliphatic hydroxyl groups excluding tert-OH is 1. The van der Waals surface area contributed by atoms with Crippen LogP contribution in [-0.2, 0) is 6.54 Å². The fourth-order valence-electron chi connectivity index (χ4n) is 4.35. The van der Waals surface area contributed by atoms with Gasteiger partial charge in [0.2, 0.25) is 11.7 Å². The van der Waals surface area contributed by atoms with Crippen LogP contribution in [0.1, 0.15) is 29.5 Å². The maximum Gasteiger partial charge on any atom is 0.229 e. The second kappa shape index (κ2) is 10.3. The number of likely N-dealkylation sites (tertiary alicyclic amines) is 1. The van der Waals surface area contributed by atoms with Crippen molar-refractivity contribution in [3.05, 3.63) is 47.4 Å². The van der Waals surface area contributed by atoms with Crippen molar-refractivity contribution in [2.75, 3.05) is 39.2 Å². The Bertz CT molecular complexity index is 1140. The molecule has 1 aromatic carbocycles. The quantitative estimate of drug-likeness (QED) is 0.462. The molecule has 1 aliphatic rings. The lowest BCUT2D eigenvalue weighted by Gasteiger charge is -2.30. The maximum atomic E-state index is 10.2. The highest BCUT2D eigenvalue weighted by atomic mass is 16.5. The van der Waals surface area contributed by atoms with Gasteiger partial charge in [0.05, 0.1) is 14.2 Å². The zero-order valence-corrected chi connectivity index (χ0v) is 20.2. The highest BCUT2D eigenvalue weighted by molar-refractivity contribution is 5.65. The molecule has 34 heavy (non-hydrogen) atoms. The minimum Gasteiger partial charge on any atom is -0.504 e. The lowest BCUT2D eigenvalue weighted by molar-refractivity contribution is 0.127. The second-order valence-corrected chi connectivity index (χ2v) is 8.83. The molecule has 4 rings (SSSR count). The summed E-state index contributed by atoms with van der Waals surface area (Å²) < 4.78 is 12.5. The van der Waals surface area contributed by atoms with Gasteiger partial charge in [0.25, 0.3) is 0 Å². The molecule has 182 valence electrons. The van der Waals surface area contributed by atoms with Crippen LogP contribution in [0.25, 0.3) is 5.82 Å². The number of benzene rings is 1. The first-order valence-electron chi connectivity index (χ1n) is 11.5. The number of aliphatic hydroxyl groups is 1. The van der Waals surface area contributed by atoms with E-state index in [9.17, 15) is 10.2 Å². The number of hydrogen-bond acceptors (Lipinski definition) is 8. The Hall–Kier alpha value is -3.30. The van der Waals surface area contributed by atoms with Crippen molar-refractivity contribution in [2.24, 2.45) is 5.92 Å². The fraction of sp³-hybridized carbons (Fsp3) is 0.440. The van der Waals surface area contributed by atoms with E-state index in [1.165, 1.54) is 25.3 Å². The number of nitrogens with one attached hydrogen (secondary N) is 1. The minimum absolute atomic E-state index is 0.0367. The van der Waals surface area contributed by atoms with Gasteiger partial charge in [0, 0.05) is 55.1 Å². The molecule has 0 unspecified atom stereocenters. The van der Waals surface area contributed by atoms with Gasteiger partial charge >= 0.3 is 0 Å². The number of anilines is 2. The summed E-state index contributed by atoms with van der Waals surface area (Å²) in [4.78, 5) is 11.6.